The van der Waals surface area contributed by atoms with Gasteiger partial charge in [0.05, 0.1) is 11.5 Å². The second-order valence-corrected chi connectivity index (χ2v) is 11.6. The fourth-order valence-corrected chi connectivity index (χ4v) is 4.89. The van der Waals surface area contributed by atoms with Crippen molar-refractivity contribution in [2.24, 2.45) is 0 Å². The number of rotatable bonds is 4. The van der Waals surface area contributed by atoms with Crippen LogP contribution < -0.4 is 4.90 Å². The lowest BCUT2D eigenvalue weighted by atomic mass is 9.79. The van der Waals surface area contributed by atoms with E-state index in [-0.39, 0.29) is 24.5 Å². The maximum Gasteiger partial charge on any atom is 0.410 e. The van der Waals surface area contributed by atoms with Gasteiger partial charge in [0.15, 0.2) is 0 Å². The van der Waals surface area contributed by atoms with E-state index in [1.807, 2.05) is 41.5 Å². The molecule has 1 heterocycles. The molecule has 186 valence electrons. The van der Waals surface area contributed by atoms with E-state index in [1.165, 1.54) is 5.56 Å². The number of piperazine rings is 1. The standard InChI is InChI=1S/C27H39N3O4/c1-19-17-29(24(32)34-26(5,6)7)14-15-30(19)21-8-9-22-20(16-21)10-12-27(22,18-28)13-11-23(31)33-25(2,3)4/h8-9,16,19H,10-15,17H2,1-7H3/t19-,27?/m1/s1. The Morgan fingerprint density at radius 2 is 1.79 bits per heavy atom. The van der Waals surface area contributed by atoms with E-state index in [1.54, 1.807) is 4.90 Å². The number of carbonyl (C=O) groups excluding carboxylic acids is 2. The third kappa shape index (κ3) is 6.02. The molecule has 1 aromatic carbocycles. The normalized spacial score (nSPS) is 22.7. The van der Waals surface area contributed by atoms with Gasteiger partial charge in [0, 0.05) is 37.8 Å². The monoisotopic (exact) mass is 469 g/mol. The van der Waals surface area contributed by atoms with Crippen molar-refractivity contribution in [1.29, 1.82) is 5.26 Å². The highest BCUT2D eigenvalue weighted by molar-refractivity contribution is 5.70. The van der Waals surface area contributed by atoms with Crippen LogP contribution in [0, 0.1) is 11.3 Å². The molecule has 3 rings (SSSR count). The Morgan fingerprint density at radius 1 is 1.12 bits per heavy atom. The molecule has 2 aliphatic rings. The molecule has 1 aromatic rings. The molecular weight excluding hydrogens is 430 g/mol. The van der Waals surface area contributed by atoms with Gasteiger partial charge in [-0.3, -0.25) is 4.79 Å². The van der Waals surface area contributed by atoms with Gasteiger partial charge >= 0.3 is 12.1 Å². The third-order valence-electron chi connectivity index (χ3n) is 6.43. The number of benzene rings is 1. The van der Waals surface area contributed by atoms with Crippen LogP contribution in [0.15, 0.2) is 18.2 Å². The number of esters is 1. The maximum atomic E-state index is 12.5. The largest absolute Gasteiger partial charge is 0.460 e. The van der Waals surface area contributed by atoms with Gasteiger partial charge in [-0.15, -0.1) is 0 Å². The summed E-state index contributed by atoms with van der Waals surface area (Å²) in [7, 11) is 0. The van der Waals surface area contributed by atoms with Crippen LogP contribution in [0.5, 0.6) is 0 Å². The Bertz CT molecular complexity index is 970. The summed E-state index contributed by atoms with van der Waals surface area (Å²) in [6.45, 7) is 15.2. The number of hydrogen-bond donors (Lipinski definition) is 0. The number of aryl methyl sites for hydroxylation is 1. The molecular formula is C27H39N3O4. The summed E-state index contributed by atoms with van der Waals surface area (Å²) >= 11 is 0. The fourth-order valence-electron chi connectivity index (χ4n) is 4.89. The van der Waals surface area contributed by atoms with Crippen LogP contribution in [-0.4, -0.2) is 53.8 Å². The summed E-state index contributed by atoms with van der Waals surface area (Å²) in [6.07, 6.45) is 1.97. The van der Waals surface area contributed by atoms with Crippen molar-refractivity contribution in [2.75, 3.05) is 24.5 Å². The van der Waals surface area contributed by atoms with Gasteiger partial charge in [-0.25, -0.2) is 4.79 Å². The topological polar surface area (TPSA) is 82.9 Å². The summed E-state index contributed by atoms with van der Waals surface area (Å²) in [5.74, 6) is -0.260. The zero-order valence-corrected chi connectivity index (χ0v) is 21.7. The van der Waals surface area contributed by atoms with Crippen molar-refractivity contribution >= 4 is 17.7 Å². The average molecular weight is 470 g/mol. The molecule has 7 heteroatoms. The molecule has 0 aromatic heterocycles. The Labute approximate surface area is 204 Å². The van der Waals surface area contributed by atoms with E-state index >= 15 is 0 Å². The van der Waals surface area contributed by atoms with Crippen LogP contribution in [0.3, 0.4) is 0 Å². The van der Waals surface area contributed by atoms with E-state index in [2.05, 4.69) is 36.1 Å². The van der Waals surface area contributed by atoms with E-state index in [4.69, 9.17) is 9.47 Å². The summed E-state index contributed by atoms with van der Waals surface area (Å²) in [4.78, 5) is 28.8. The fraction of sp³-hybridized carbons (Fsp3) is 0.667. The van der Waals surface area contributed by atoms with Crippen LogP contribution in [0.1, 0.15) is 78.9 Å². The molecule has 1 amide bonds. The molecule has 1 unspecified atom stereocenters. The number of nitriles is 1. The van der Waals surface area contributed by atoms with Crippen LogP contribution in [0.2, 0.25) is 0 Å². The number of anilines is 1. The van der Waals surface area contributed by atoms with Gasteiger partial charge in [0.2, 0.25) is 0 Å². The molecule has 0 radical (unpaired) electrons. The SMILES string of the molecule is C[C@@H]1CN(C(=O)OC(C)(C)C)CCN1c1ccc2c(c1)CCC2(C#N)CCC(=O)OC(C)(C)C. The number of hydrogen-bond acceptors (Lipinski definition) is 6. The average Bonchev–Trinajstić information content (AvgIpc) is 3.08. The molecule has 7 nitrogen and oxygen atoms in total. The first-order valence-electron chi connectivity index (χ1n) is 12.2. The summed E-state index contributed by atoms with van der Waals surface area (Å²) < 4.78 is 11.0. The molecule has 1 saturated heterocycles. The van der Waals surface area contributed by atoms with Gasteiger partial charge in [-0.2, -0.15) is 5.26 Å². The zero-order chi connectivity index (χ0) is 25.3. The van der Waals surface area contributed by atoms with Crippen LogP contribution in [0.4, 0.5) is 10.5 Å². The highest BCUT2D eigenvalue weighted by Gasteiger charge is 2.40. The van der Waals surface area contributed by atoms with Crippen molar-refractivity contribution in [3.05, 3.63) is 29.3 Å². The van der Waals surface area contributed by atoms with E-state index < -0.39 is 16.6 Å². The van der Waals surface area contributed by atoms with Crippen molar-refractivity contribution in [1.82, 2.24) is 4.90 Å². The minimum absolute atomic E-state index is 0.147. The van der Waals surface area contributed by atoms with Crippen LogP contribution in [0.25, 0.3) is 0 Å². The summed E-state index contributed by atoms with van der Waals surface area (Å²) in [6, 6.07) is 8.98. The van der Waals surface area contributed by atoms with E-state index in [9.17, 15) is 14.9 Å². The number of amides is 1. The van der Waals surface area contributed by atoms with Gasteiger partial charge < -0.3 is 19.3 Å². The molecule has 1 aliphatic heterocycles. The maximum absolute atomic E-state index is 12.5. The van der Waals surface area contributed by atoms with Gasteiger partial charge in [-0.1, -0.05) is 6.07 Å². The summed E-state index contributed by atoms with van der Waals surface area (Å²) in [5, 5.41) is 10.1. The lowest BCUT2D eigenvalue weighted by Gasteiger charge is -2.41. The molecule has 2 atom stereocenters. The second kappa shape index (κ2) is 9.48. The Morgan fingerprint density at radius 3 is 2.38 bits per heavy atom. The second-order valence-electron chi connectivity index (χ2n) is 11.6. The van der Waals surface area contributed by atoms with Crippen molar-refractivity contribution in [3.63, 3.8) is 0 Å². The minimum atomic E-state index is -0.647. The van der Waals surface area contributed by atoms with Crippen molar-refractivity contribution < 1.29 is 19.1 Å². The molecule has 0 saturated carbocycles. The van der Waals surface area contributed by atoms with Crippen LogP contribution in [-0.2, 0) is 26.1 Å². The summed E-state index contributed by atoms with van der Waals surface area (Å²) in [5.41, 5.74) is 1.63. The van der Waals surface area contributed by atoms with Crippen molar-refractivity contribution in [3.8, 4) is 6.07 Å². The minimum Gasteiger partial charge on any atom is -0.460 e. The lowest BCUT2D eigenvalue weighted by Crippen LogP contribution is -2.54. The van der Waals surface area contributed by atoms with Crippen molar-refractivity contribution in [2.45, 2.75) is 96.8 Å². The molecule has 0 N–H and O–H groups in total. The molecule has 34 heavy (non-hydrogen) atoms. The lowest BCUT2D eigenvalue weighted by molar-refractivity contribution is -0.155. The molecule has 0 bridgehead atoms. The van der Waals surface area contributed by atoms with Gasteiger partial charge in [-0.05, 0) is 91.0 Å². The zero-order valence-electron chi connectivity index (χ0n) is 21.7. The van der Waals surface area contributed by atoms with E-state index in [0.717, 1.165) is 24.2 Å². The van der Waals surface area contributed by atoms with Gasteiger partial charge in [0.1, 0.15) is 11.2 Å². The predicted octanol–water partition coefficient (Wildman–Crippen LogP) is 4.96. The highest BCUT2D eigenvalue weighted by atomic mass is 16.6. The molecule has 0 spiro atoms. The first kappa shape index (κ1) is 25.9. The Kier molecular flexibility index (Phi) is 7.21. The number of nitrogens with zero attached hydrogens (tertiary/aromatic N) is 3. The quantitative estimate of drug-likeness (QED) is 0.580. The Hall–Kier alpha value is -2.75. The first-order chi connectivity index (χ1) is 15.7. The van der Waals surface area contributed by atoms with Crippen LogP contribution >= 0.6 is 0 Å². The third-order valence-corrected chi connectivity index (χ3v) is 6.43. The number of fused-ring (bicyclic) bond motifs is 1. The smallest absolute Gasteiger partial charge is 0.410 e. The van der Waals surface area contributed by atoms with Gasteiger partial charge in [0.25, 0.3) is 0 Å². The first-order valence-corrected chi connectivity index (χ1v) is 12.2. The predicted molar refractivity (Wildman–Crippen MR) is 132 cm³/mol. The Balaban J connectivity index is 1.69. The highest BCUT2D eigenvalue weighted by Crippen LogP contribution is 2.43. The number of carbonyl (C=O) groups is 2. The molecule has 1 aliphatic carbocycles. The number of ether oxygens (including phenoxy) is 2. The molecule has 1 fully saturated rings. The van der Waals surface area contributed by atoms with E-state index in [0.29, 0.717) is 25.9 Å².